The number of rotatable bonds is 0. The maximum atomic E-state index is 11.0. The van der Waals surface area contributed by atoms with Gasteiger partial charge in [-0.25, -0.2) is 0 Å². The van der Waals surface area contributed by atoms with Crippen LogP contribution in [-0.4, -0.2) is 29.0 Å². The Morgan fingerprint density at radius 2 is 1.00 bits per heavy atom. The van der Waals surface area contributed by atoms with E-state index in [1.165, 1.54) is 0 Å². The molecule has 0 bridgehead atoms. The van der Waals surface area contributed by atoms with E-state index >= 15 is 0 Å². The predicted molar refractivity (Wildman–Crippen MR) is 20.1 cm³/mol. The Labute approximate surface area is 106 Å². The molecule has 0 rings (SSSR count). The molecule has 0 aliphatic carbocycles. The van der Waals surface area contributed by atoms with E-state index in [1.807, 2.05) is 0 Å². The summed E-state index contributed by atoms with van der Waals surface area (Å²) in [6, 6.07) is 0. The molecular formula is C3H3F6KO2. The van der Waals surface area contributed by atoms with Gasteiger partial charge in [0.15, 0.2) is 0 Å². The minimum absolute atomic E-state index is 0. The number of hydrogen-bond donors (Lipinski definition) is 1. The molecule has 0 atom stereocenters. The van der Waals surface area contributed by atoms with Gasteiger partial charge in [0.2, 0.25) is 6.10 Å². The van der Waals surface area contributed by atoms with Gasteiger partial charge >= 0.3 is 63.7 Å². The second-order valence-electron chi connectivity index (χ2n) is 1.49. The van der Waals surface area contributed by atoms with Crippen LogP contribution in [0.2, 0.25) is 0 Å². The summed E-state index contributed by atoms with van der Waals surface area (Å²) in [5.41, 5.74) is 0. The first-order chi connectivity index (χ1) is 4.15. The molecule has 2 nitrogen and oxygen atoms in total. The summed E-state index contributed by atoms with van der Waals surface area (Å²) in [6.45, 7) is 0. The minimum atomic E-state index is -5.63. The average molecular weight is 224 g/mol. The molecule has 2 N–H and O–H groups in total. The van der Waals surface area contributed by atoms with E-state index in [9.17, 15) is 26.3 Å². The Morgan fingerprint density at radius 1 is 0.833 bits per heavy atom. The first kappa shape index (κ1) is 18.8. The van der Waals surface area contributed by atoms with Gasteiger partial charge in [-0.05, 0) is 0 Å². The van der Waals surface area contributed by atoms with Gasteiger partial charge in [-0.1, -0.05) is 0 Å². The van der Waals surface area contributed by atoms with E-state index in [2.05, 4.69) is 0 Å². The van der Waals surface area contributed by atoms with Crippen LogP contribution < -0.4 is 51.4 Å². The average Bonchev–Trinajstić information content (AvgIpc) is 1.59. The van der Waals surface area contributed by atoms with Crippen LogP contribution in [0.25, 0.3) is 0 Å². The van der Waals surface area contributed by atoms with Crippen LogP contribution in [0.15, 0.2) is 0 Å². The van der Waals surface area contributed by atoms with E-state index in [0.717, 1.165) is 0 Å². The number of hydrogen-bond acceptors (Lipinski definition) is 2. The normalized spacial score (nSPS) is 12.0. The second kappa shape index (κ2) is 5.78. The van der Waals surface area contributed by atoms with Crippen molar-refractivity contribution in [2.75, 3.05) is 0 Å². The second-order valence-corrected chi connectivity index (χ2v) is 1.49. The summed E-state index contributed by atoms with van der Waals surface area (Å²) in [6.07, 6.45) is -15.5. The van der Waals surface area contributed by atoms with E-state index in [0.29, 0.717) is 0 Å². The topological polar surface area (TPSA) is 50.2 Å². The van der Waals surface area contributed by atoms with Gasteiger partial charge in [0.1, 0.15) is 0 Å². The maximum absolute atomic E-state index is 11.0. The van der Waals surface area contributed by atoms with Gasteiger partial charge in [-0.2, -0.15) is 26.3 Å². The zero-order chi connectivity index (χ0) is 8.58. The van der Waals surface area contributed by atoms with Crippen LogP contribution in [-0.2, 0) is 0 Å². The molecule has 0 saturated heterocycles. The Kier molecular flexibility index (Phi) is 9.07. The van der Waals surface area contributed by atoms with Gasteiger partial charge in [0, 0.05) is 0 Å². The molecule has 0 aromatic rings. The Hall–Kier alpha value is 1.14. The SMILES string of the molecule is OC(C(F)(F)F)C(F)(F)F.[K+].[OH-]. The fourth-order valence-electron chi connectivity index (χ4n) is 0.186. The van der Waals surface area contributed by atoms with Crippen molar-refractivity contribution in [2.24, 2.45) is 0 Å². The third-order valence-corrected chi connectivity index (χ3v) is 0.620. The van der Waals surface area contributed by atoms with Crippen molar-refractivity contribution in [2.45, 2.75) is 18.5 Å². The van der Waals surface area contributed by atoms with Crippen LogP contribution in [0.4, 0.5) is 26.3 Å². The quantitative estimate of drug-likeness (QED) is 0.394. The Bertz CT molecular complexity index is 105. The van der Waals surface area contributed by atoms with E-state index in [1.54, 1.807) is 0 Å². The van der Waals surface area contributed by atoms with E-state index in [-0.39, 0.29) is 56.9 Å². The van der Waals surface area contributed by atoms with Gasteiger partial charge in [0.25, 0.3) is 0 Å². The van der Waals surface area contributed by atoms with Gasteiger partial charge in [-0.3, -0.25) is 0 Å². The van der Waals surface area contributed by atoms with Crippen LogP contribution in [0.5, 0.6) is 0 Å². The molecule has 0 saturated carbocycles. The van der Waals surface area contributed by atoms with Crippen molar-refractivity contribution in [3.05, 3.63) is 0 Å². The van der Waals surface area contributed by atoms with Crippen LogP contribution >= 0.6 is 0 Å². The molecule has 0 radical (unpaired) electrons. The molecular weight excluding hydrogens is 221 g/mol. The summed E-state index contributed by atoms with van der Waals surface area (Å²) < 4.78 is 65.9. The fraction of sp³-hybridized carbons (Fsp3) is 1.00. The Morgan fingerprint density at radius 3 is 1.00 bits per heavy atom. The molecule has 0 aromatic carbocycles. The molecule has 0 heterocycles. The number of aliphatic hydroxyl groups is 1. The largest absolute Gasteiger partial charge is 1.00 e. The summed E-state index contributed by atoms with van der Waals surface area (Å²) in [4.78, 5) is 0. The minimum Gasteiger partial charge on any atom is -0.870 e. The van der Waals surface area contributed by atoms with Crippen LogP contribution in [0.3, 0.4) is 0 Å². The predicted octanol–water partition coefficient (Wildman–Crippen LogP) is -1.70. The third kappa shape index (κ3) is 6.63. The van der Waals surface area contributed by atoms with Crippen molar-refractivity contribution in [1.82, 2.24) is 0 Å². The molecule has 0 amide bonds. The standard InChI is InChI=1S/C3H2F6O.K.H2O/c4-2(5,6)1(10)3(7,8)9;;/h1,10H;;1H2/q;+1;/p-1. The fourth-order valence-corrected chi connectivity index (χ4v) is 0.186. The van der Waals surface area contributed by atoms with E-state index < -0.39 is 18.5 Å². The molecule has 0 spiro atoms. The summed E-state index contributed by atoms with van der Waals surface area (Å²) in [5.74, 6) is 0. The van der Waals surface area contributed by atoms with Crippen molar-refractivity contribution in [1.29, 1.82) is 0 Å². The van der Waals surface area contributed by atoms with Gasteiger partial charge in [0.05, 0.1) is 0 Å². The molecule has 9 heteroatoms. The first-order valence-electron chi connectivity index (χ1n) is 1.97. The van der Waals surface area contributed by atoms with E-state index in [4.69, 9.17) is 5.11 Å². The molecule has 12 heavy (non-hydrogen) atoms. The van der Waals surface area contributed by atoms with Crippen molar-refractivity contribution >= 4 is 0 Å². The number of alkyl halides is 6. The smallest absolute Gasteiger partial charge is 0.870 e. The monoisotopic (exact) mass is 224 g/mol. The van der Waals surface area contributed by atoms with Crippen molar-refractivity contribution < 1.29 is 88.3 Å². The molecule has 0 aliphatic rings. The van der Waals surface area contributed by atoms with Crippen LogP contribution in [0, 0.1) is 0 Å². The van der Waals surface area contributed by atoms with Crippen molar-refractivity contribution in [3.8, 4) is 0 Å². The third-order valence-electron chi connectivity index (χ3n) is 0.620. The van der Waals surface area contributed by atoms with Crippen LogP contribution in [0.1, 0.15) is 0 Å². The Balaban J connectivity index is -0.000000405. The maximum Gasteiger partial charge on any atom is 1.00 e. The van der Waals surface area contributed by atoms with Crippen molar-refractivity contribution in [3.63, 3.8) is 0 Å². The molecule has 70 valence electrons. The summed E-state index contributed by atoms with van der Waals surface area (Å²) >= 11 is 0. The van der Waals surface area contributed by atoms with Gasteiger partial charge in [-0.15, -0.1) is 0 Å². The molecule has 0 unspecified atom stereocenters. The first-order valence-corrected chi connectivity index (χ1v) is 1.97. The summed E-state index contributed by atoms with van der Waals surface area (Å²) in [7, 11) is 0. The number of halogens is 6. The molecule has 0 fully saturated rings. The van der Waals surface area contributed by atoms with Gasteiger partial charge < -0.3 is 10.6 Å². The summed E-state index contributed by atoms with van der Waals surface area (Å²) in [5, 5.41) is 7.47. The molecule has 0 aromatic heterocycles. The zero-order valence-electron chi connectivity index (χ0n) is 5.74. The zero-order valence-corrected chi connectivity index (χ0v) is 8.86. The molecule has 0 aliphatic heterocycles. The number of aliphatic hydroxyl groups excluding tert-OH is 1.